The number of rotatable bonds is 1. The third kappa shape index (κ3) is 2.93. The normalized spacial score (nSPS) is 54.8. The van der Waals surface area contributed by atoms with Gasteiger partial charge in [0.2, 0.25) is 0 Å². The molecular formula is C30H50O3. The minimum atomic E-state index is -0.504. The van der Waals surface area contributed by atoms with Crippen LogP contribution in [0.15, 0.2) is 0 Å². The molecule has 0 unspecified atom stereocenters. The Bertz CT molecular complexity index is 830. The summed E-state index contributed by atoms with van der Waals surface area (Å²) in [6.45, 7) is 17.2. The summed E-state index contributed by atoms with van der Waals surface area (Å²) in [7, 11) is 0. The molecule has 0 heterocycles. The summed E-state index contributed by atoms with van der Waals surface area (Å²) in [4.78, 5) is 12.8. The summed E-state index contributed by atoms with van der Waals surface area (Å²) >= 11 is 0. The number of hydrogen-bond donors (Lipinski definition) is 2. The molecule has 5 rings (SSSR count). The molecule has 0 spiro atoms. The number of aliphatic hydroxyl groups excluding tert-OH is 1. The fourth-order valence-corrected chi connectivity index (χ4v) is 11.4. The highest BCUT2D eigenvalue weighted by Crippen LogP contribution is 2.77. The van der Waals surface area contributed by atoms with Gasteiger partial charge in [0.05, 0.1) is 11.5 Å². The van der Waals surface area contributed by atoms with E-state index in [-0.39, 0.29) is 33.2 Å². The van der Waals surface area contributed by atoms with Crippen molar-refractivity contribution in [2.75, 3.05) is 0 Å². The Hall–Kier alpha value is -0.570. The third-order valence-corrected chi connectivity index (χ3v) is 13.6. The summed E-state index contributed by atoms with van der Waals surface area (Å²) in [5.74, 6) is 1.62. The first-order valence-electron chi connectivity index (χ1n) is 14.1. The highest BCUT2D eigenvalue weighted by molar-refractivity contribution is 5.75. The van der Waals surface area contributed by atoms with E-state index in [1.54, 1.807) is 0 Å². The van der Waals surface area contributed by atoms with Gasteiger partial charge in [-0.3, -0.25) is 4.79 Å². The van der Waals surface area contributed by atoms with E-state index in [0.717, 1.165) is 44.9 Å². The van der Waals surface area contributed by atoms with Gasteiger partial charge in [-0.25, -0.2) is 0 Å². The van der Waals surface area contributed by atoms with Crippen LogP contribution in [0.25, 0.3) is 0 Å². The molecule has 0 aromatic heterocycles. The van der Waals surface area contributed by atoms with Crippen molar-refractivity contribution in [2.24, 2.45) is 56.2 Å². The second-order valence-electron chi connectivity index (χ2n) is 15.5. The molecule has 0 aromatic carbocycles. The highest BCUT2D eigenvalue weighted by atomic mass is 16.4. The lowest BCUT2D eigenvalue weighted by atomic mass is 9.31. The lowest BCUT2D eigenvalue weighted by molar-refractivity contribution is -0.255. The average Bonchev–Trinajstić information content (AvgIpc) is 2.71. The van der Waals surface area contributed by atoms with Crippen molar-refractivity contribution in [3.05, 3.63) is 0 Å². The van der Waals surface area contributed by atoms with Crippen LogP contribution in [0.4, 0.5) is 0 Å². The molecule has 33 heavy (non-hydrogen) atoms. The topological polar surface area (TPSA) is 57.5 Å². The first kappa shape index (κ1) is 24.1. The fourth-order valence-electron chi connectivity index (χ4n) is 11.4. The zero-order valence-electron chi connectivity index (χ0n) is 22.5. The maximum atomic E-state index is 12.8. The number of fused-ring (bicyclic) bond motifs is 7. The molecule has 9 atom stereocenters. The van der Waals surface area contributed by atoms with Crippen molar-refractivity contribution < 1.29 is 15.0 Å². The van der Waals surface area contributed by atoms with E-state index in [1.165, 1.54) is 25.7 Å². The van der Waals surface area contributed by atoms with Gasteiger partial charge in [0.1, 0.15) is 0 Å². The summed E-state index contributed by atoms with van der Waals surface area (Å²) < 4.78 is 0. The van der Waals surface area contributed by atoms with Gasteiger partial charge in [0, 0.05) is 0 Å². The molecular weight excluding hydrogens is 408 g/mol. The van der Waals surface area contributed by atoms with Crippen LogP contribution in [0.5, 0.6) is 0 Å². The predicted molar refractivity (Wildman–Crippen MR) is 133 cm³/mol. The van der Waals surface area contributed by atoms with Gasteiger partial charge in [-0.15, -0.1) is 0 Å². The summed E-state index contributed by atoms with van der Waals surface area (Å²) in [5.41, 5.74) is 0.544. The van der Waals surface area contributed by atoms with Gasteiger partial charge >= 0.3 is 5.97 Å². The Balaban J connectivity index is 1.54. The van der Waals surface area contributed by atoms with Crippen LogP contribution in [0.3, 0.4) is 0 Å². The molecule has 3 nitrogen and oxygen atoms in total. The van der Waals surface area contributed by atoms with E-state index >= 15 is 0 Å². The number of carboxylic acid groups (broad SMARTS) is 1. The lowest BCUT2D eigenvalue weighted by Gasteiger charge is -2.73. The molecule has 0 saturated heterocycles. The molecule has 0 aliphatic heterocycles. The average molecular weight is 459 g/mol. The maximum absolute atomic E-state index is 12.8. The second-order valence-corrected chi connectivity index (χ2v) is 15.5. The molecule has 0 radical (unpaired) electrons. The summed E-state index contributed by atoms with van der Waals surface area (Å²) in [6, 6.07) is 0. The van der Waals surface area contributed by atoms with Gasteiger partial charge < -0.3 is 10.2 Å². The van der Waals surface area contributed by atoms with Crippen molar-refractivity contribution in [1.29, 1.82) is 0 Å². The molecule has 5 fully saturated rings. The van der Waals surface area contributed by atoms with E-state index in [2.05, 4.69) is 48.5 Å². The molecule has 0 amide bonds. The quantitative estimate of drug-likeness (QED) is 0.433. The zero-order chi connectivity index (χ0) is 24.2. The van der Waals surface area contributed by atoms with Gasteiger partial charge in [-0.2, -0.15) is 0 Å². The molecule has 5 aliphatic carbocycles. The molecule has 0 bridgehead atoms. The smallest absolute Gasteiger partial charge is 0.309 e. The maximum Gasteiger partial charge on any atom is 0.309 e. The first-order valence-corrected chi connectivity index (χ1v) is 14.1. The van der Waals surface area contributed by atoms with Crippen molar-refractivity contribution in [1.82, 2.24) is 0 Å². The number of carboxylic acids is 1. The number of aliphatic carboxylic acids is 1. The number of carbonyl (C=O) groups is 1. The van der Waals surface area contributed by atoms with E-state index in [9.17, 15) is 15.0 Å². The highest BCUT2D eigenvalue weighted by Gasteiger charge is 2.71. The van der Waals surface area contributed by atoms with Gasteiger partial charge in [0.25, 0.3) is 0 Å². The van der Waals surface area contributed by atoms with Crippen LogP contribution < -0.4 is 0 Å². The van der Waals surface area contributed by atoms with Crippen molar-refractivity contribution in [2.45, 2.75) is 125 Å². The zero-order valence-corrected chi connectivity index (χ0v) is 22.5. The van der Waals surface area contributed by atoms with E-state index < -0.39 is 11.4 Å². The van der Waals surface area contributed by atoms with E-state index in [0.29, 0.717) is 23.7 Å². The molecule has 2 N–H and O–H groups in total. The van der Waals surface area contributed by atoms with Crippen molar-refractivity contribution in [3.8, 4) is 0 Å². The Labute approximate surface area is 202 Å². The minimum Gasteiger partial charge on any atom is -0.481 e. The van der Waals surface area contributed by atoms with Crippen LogP contribution in [0, 0.1) is 56.2 Å². The predicted octanol–water partition coefficient (Wildman–Crippen LogP) is 7.31. The fraction of sp³-hybridized carbons (Fsp3) is 0.967. The molecule has 5 aliphatic rings. The third-order valence-electron chi connectivity index (χ3n) is 13.6. The largest absolute Gasteiger partial charge is 0.481 e. The van der Waals surface area contributed by atoms with E-state index in [4.69, 9.17) is 0 Å². The van der Waals surface area contributed by atoms with Crippen LogP contribution >= 0.6 is 0 Å². The number of aliphatic hydroxyl groups is 1. The molecule has 0 aromatic rings. The standard InChI is InChI=1S/C30H50O3/c1-25(2)14-16-30(24(32)33)17-15-28(6)19(20(30)18-25)8-9-22-27(5)12-11-23(31)26(3,4)21(27)10-13-29(22,28)7/h19-23,31H,8-18H2,1-7H3,(H,32,33)/t19-,20-,21-,22-,23-,27-,28+,29+,30-/m0/s1. The Morgan fingerprint density at radius 3 is 2.03 bits per heavy atom. The summed E-state index contributed by atoms with van der Waals surface area (Å²) in [6.07, 6.45) is 11.8. The van der Waals surface area contributed by atoms with Crippen LogP contribution in [-0.4, -0.2) is 22.3 Å². The molecule has 5 saturated carbocycles. The van der Waals surface area contributed by atoms with Crippen LogP contribution in [0.1, 0.15) is 119 Å². The summed E-state index contributed by atoms with van der Waals surface area (Å²) in [5, 5.41) is 21.4. The minimum absolute atomic E-state index is 0.00942. The lowest BCUT2D eigenvalue weighted by Crippen LogP contribution is -2.67. The van der Waals surface area contributed by atoms with Crippen LogP contribution in [-0.2, 0) is 4.79 Å². The first-order chi connectivity index (χ1) is 15.1. The number of hydrogen-bond acceptors (Lipinski definition) is 2. The van der Waals surface area contributed by atoms with Crippen molar-refractivity contribution >= 4 is 5.97 Å². The van der Waals surface area contributed by atoms with Crippen LogP contribution in [0.2, 0.25) is 0 Å². The van der Waals surface area contributed by atoms with E-state index in [1.807, 2.05) is 0 Å². The second kappa shape index (κ2) is 7.01. The van der Waals surface area contributed by atoms with Gasteiger partial charge in [-0.1, -0.05) is 48.5 Å². The SMILES string of the molecule is CC1(C)CC[C@]2(C(=O)O)CC[C@]3(C)[C@@H](CC[C@H]4[C@@]5(C)CC[C@H](O)C(C)(C)[C@@H]5CC[C@]43C)[C@@H]2C1. The molecule has 3 heteroatoms. The Morgan fingerprint density at radius 2 is 1.36 bits per heavy atom. The Kier molecular flexibility index (Phi) is 5.13. The molecule has 188 valence electrons. The monoisotopic (exact) mass is 458 g/mol. The van der Waals surface area contributed by atoms with Crippen molar-refractivity contribution in [3.63, 3.8) is 0 Å². The van der Waals surface area contributed by atoms with Gasteiger partial charge in [-0.05, 0) is 121 Å². The Morgan fingerprint density at radius 1 is 0.697 bits per heavy atom. The van der Waals surface area contributed by atoms with Gasteiger partial charge in [0.15, 0.2) is 0 Å².